The standard InChI is InChI=1S/C8H12N4O3/c1-10-5-7(12(14)15)8(9-10)11-3-2-6(13)4-11/h5-6,13H,2-4H2,1H3/t6-/m1/s1. The number of hydrogen-bond donors (Lipinski definition) is 1. The van der Waals surface area contributed by atoms with Gasteiger partial charge in [-0.2, -0.15) is 0 Å². The van der Waals surface area contributed by atoms with Crippen molar-refractivity contribution < 1.29 is 10.0 Å². The molecule has 1 aliphatic rings. The lowest BCUT2D eigenvalue weighted by molar-refractivity contribution is -0.384. The zero-order chi connectivity index (χ0) is 11.0. The molecule has 1 aliphatic heterocycles. The van der Waals surface area contributed by atoms with Crippen molar-refractivity contribution in [2.45, 2.75) is 12.5 Å². The summed E-state index contributed by atoms with van der Waals surface area (Å²) in [4.78, 5) is 12.0. The second-order valence-electron chi connectivity index (χ2n) is 3.66. The van der Waals surface area contributed by atoms with Gasteiger partial charge < -0.3 is 10.0 Å². The van der Waals surface area contributed by atoms with Gasteiger partial charge in [-0.3, -0.25) is 14.8 Å². The van der Waals surface area contributed by atoms with Crippen LogP contribution in [0.4, 0.5) is 11.5 Å². The average Bonchev–Trinajstić information content (AvgIpc) is 2.71. The van der Waals surface area contributed by atoms with Gasteiger partial charge in [-0.25, -0.2) is 0 Å². The number of nitrogens with zero attached hydrogens (tertiary/aromatic N) is 4. The molecule has 15 heavy (non-hydrogen) atoms. The van der Waals surface area contributed by atoms with Crippen LogP contribution < -0.4 is 4.90 Å². The van der Waals surface area contributed by atoms with E-state index in [2.05, 4.69) is 5.10 Å². The predicted molar refractivity (Wildman–Crippen MR) is 52.7 cm³/mol. The number of β-amino-alcohol motifs (C(OH)–C–C–N with tert-alkyl or cyclic N) is 1. The first-order chi connectivity index (χ1) is 7.08. The van der Waals surface area contributed by atoms with Gasteiger partial charge in [-0.1, -0.05) is 0 Å². The quantitative estimate of drug-likeness (QED) is 0.546. The smallest absolute Gasteiger partial charge is 0.330 e. The number of aromatic nitrogens is 2. The first-order valence-electron chi connectivity index (χ1n) is 4.69. The van der Waals surface area contributed by atoms with Crippen molar-refractivity contribution in [3.8, 4) is 0 Å². The molecule has 1 fully saturated rings. The van der Waals surface area contributed by atoms with Gasteiger partial charge in [0.1, 0.15) is 6.20 Å². The summed E-state index contributed by atoms with van der Waals surface area (Å²) in [6.45, 7) is 1.02. The Morgan fingerprint density at radius 2 is 2.47 bits per heavy atom. The zero-order valence-corrected chi connectivity index (χ0v) is 8.33. The van der Waals surface area contributed by atoms with E-state index in [0.717, 1.165) is 0 Å². The maximum absolute atomic E-state index is 10.7. The van der Waals surface area contributed by atoms with Crippen LogP contribution in [0.15, 0.2) is 6.20 Å². The summed E-state index contributed by atoms with van der Waals surface area (Å²) >= 11 is 0. The fourth-order valence-corrected chi connectivity index (χ4v) is 1.75. The van der Waals surface area contributed by atoms with Crippen LogP contribution in [0.3, 0.4) is 0 Å². The van der Waals surface area contributed by atoms with Gasteiger partial charge in [-0.15, -0.1) is 5.10 Å². The molecule has 1 aromatic heterocycles. The van der Waals surface area contributed by atoms with Crippen molar-refractivity contribution in [1.82, 2.24) is 9.78 Å². The Morgan fingerprint density at radius 1 is 1.73 bits per heavy atom. The molecule has 2 rings (SSSR count). The molecule has 0 spiro atoms. The lowest BCUT2D eigenvalue weighted by atomic mass is 10.3. The van der Waals surface area contributed by atoms with Gasteiger partial charge in [-0.05, 0) is 6.42 Å². The fourth-order valence-electron chi connectivity index (χ4n) is 1.75. The van der Waals surface area contributed by atoms with Gasteiger partial charge >= 0.3 is 5.69 Å². The van der Waals surface area contributed by atoms with Crippen LogP contribution in [-0.2, 0) is 7.05 Å². The van der Waals surface area contributed by atoms with Crippen LogP contribution in [0.1, 0.15) is 6.42 Å². The van der Waals surface area contributed by atoms with Crippen molar-refractivity contribution in [3.63, 3.8) is 0 Å². The van der Waals surface area contributed by atoms with E-state index in [-0.39, 0.29) is 5.69 Å². The highest BCUT2D eigenvalue weighted by atomic mass is 16.6. The van der Waals surface area contributed by atoms with Gasteiger partial charge in [0, 0.05) is 20.1 Å². The number of anilines is 1. The molecule has 0 amide bonds. The Hall–Kier alpha value is -1.63. The summed E-state index contributed by atoms with van der Waals surface area (Å²) in [7, 11) is 1.64. The van der Waals surface area contributed by atoms with Crippen molar-refractivity contribution >= 4 is 11.5 Å². The molecule has 1 atom stereocenters. The molecule has 1 N–H and O–H groups in total. The average molecular weight is 212 g/mol. The highest BCUT2D eigenvalue weighted by molar-refractivity contribution is 5.57. The van der Waals surface area contributed by atoms with Crippen LogP contribution in [0, 0.1) is 10.1 Å². The molecule has 0 saturated carbocycles. The molecular weight excluding hydrogens is 200 g/mol. The third kappa shape index (κ3) is 1.78. The number of hydrogen-bond acceptors (Lipinski definition) is 5. The van der Waals surface area contributed by atoms with Gasteiger partial charge in [0.25, 0.3) is 0 Å². The fraction of sp³-hybridized carbons (Fsp3) is 0.625. The predicted octanol–water partition coefficient (Wildman–Crippen LogP) is -0.101. The monoisotopic (exact) mass is 212 g/mol. The van der Waals surface area contributed by atoms with Gasteiger partial charge in [0.2, 0.25) is 5.82 Å². The van der Waals surface area contributed by atoms with E-state index in [4.69, 9.17) is 0 Å². The zero-order valence-electron chi connectivity index (χ0n) is 8.33. The molecule has 1 saturated heterocycles. The molecule has 0 bridgehead atoms. The minimum Gasteiger partial charge on any atom is -0.391 e. The lowest BCUT2D eigenvalue weighted by Gasteiger charge is -2.12. The van der Waals surface area contributed by atoms with E-state index in [1.165, 1.54) is 10.9 Å². The summed E-state index contributed by atoms with van der Waals surface area (Å²) in [6, 6.07) is 0. The number of nitro groups is 1. The Morgan fingerprint density at radius 3 is 3.00 bits per heavy atom. The van der Waals surface area contributed by atoms with E-state index in [0.29, 0.717) is 25.3 Å². The van der Waals surface area contributed by atoms with E-state index in [1.807, 2.05) is 0 Å². The lowest BCUT2D eigenvalue weighted by Crippen LogP contribution is -2.22. The Bertz CT molecular complexity index is 389. The molecular formula is C8H12N4O3. The maximum atomic E-state index is 10.7. The number of aliphatic hydroxyl groups excluding tert-OH is 1. The van der Waals surface area contributed by atoms with Crippen molar-refractivity contribution in [1.29, 1.82) is 0 Å². The van der Waals surface area contributed by atoms with E-state index >= 15 is 0 Å². The van der Waals surface area contributed by atoms with Gasteiger partial charge in [0.15, 0.2) is 0 Å². The molecule has 0 unspecified atom stereocenters. The summed E-state index contributed by atoms with van der Waals surface area (Å²) < 4.78 is 1.41. The SMILES string of the molecule is Cn1cc([N+](=O)[O-])c(N2CC[C@@H](O)C2)n1. The van der Waals surface area contributed by atoms with Crippen molar-refractivity contribution in [3.05, 3.63) is 16.3 Å². The number of rotatable bonds is 2. The molecule has 7 heteroatoms. The van der Waals surface area contributed by atoms with Crippen LogP contribution in [0.5, 0.6) is 0 Å². The molecule has 0 aromatic carbocycles. The first-order valence-corrected chi connectivity index (χ1v) is 4.69. The largest absolute Gasteiger partial charge is 0.391 e. The van der Waals surface area contributed by atoms with E-state index in [9.17, 15) is 15.2 Å². The Kier molecular flexibility index (Phi) is 2.31. The third-order valence-corrected chi connectivity index (χ3v) is 2.45. The van der Waals surface area contributed by atoms with E-state index in [1.54, 1.807) is 11.9 Å². The van der Waals surface area contributed by atoms with Crippen molar-refractivity contribution in [2.24, 2.45) is 7.05 Å². The van der Waals surface area contributed by atoms with Crippen LogP contribution in [0.2, 0.25) is 0 Å². The second kappa shape index (κ2) is 3.50. The first kappa shape index (κ1) is 9.91. The Balaban J connectivity index is 2.30. The Labute approximate surface area is 86.1 Å². The van der Waals surface area contributed by atoms with Crippen LogP contribution in [-0.4, -0.2) is 39.0 Å². The molecule has 1 aromatic rings. The van der Waals surface area contributed by atoms with Crippen LogP contribution in [0.25, 0.3) is 0 Å². The van der Waals surface area contributed by atoms with Crippen molar-refractivity contribution in [2.75, 3.05) is 18.0 Å². The molecule has 2 heterocycles. The molecule has 82 valence electrons. The van der Waals surface area contributed by atoms with Crippen LogP contribution >= 0.6 is 0 Å². The van der Waals surface area contributed by atoms with E-state index < -0.39 is 11.0 Å². The number of aryl methyl sites for hydroxylation is 1. The number of aliphatic hydroxyl groups is 1. The molecule has 0 radical (unpaired) electrons. The summed E-state index contributed by atoms with van der Waals surface area (Å²) in [5.41, 5.74) is -0.00778. The third-order valence-electron chi connectivity index (χ3n) is 2.45. The molecule has 0 aliphatic carbocycles. The highest BCUT2D eigenvalue weighted by Gasteiger charge is 2.29. The minimum absolute atomic E-state index is 0.00778. The molecule has 7 nitrogen and oxygen atoms in total. The maximum Gasteiger partial charge on any atom is 0.330 e. The normalized spacial score (nSPS) is 20.9. The minimum atomic E-state index is -0.451. The van der Waals surface area contributed by atoms with Gasteiger partial charge in [0.05, 0.1) is 11.0 Å². The second-order valence-corrected chi connectivity index (χ2v) is 3.66. The summed E-state index contributed by atoms with van der Waals surface area (Å²) in [5.74, 6) is 0.346. The summed E-state index contributed by atoms with van der Waals surface area (Å²) in [5, 5.41) is 24.1. The summed E-state index contributed by atoms with van der Waals surface area (Å²) in [6.07, 6.45) is 1.60. The highest BCUT2D eigenvalue weighted by Crippen LogP contribution is 2.28. The topological polar surface area (TPSA) is 84.4 Å².